The molecule has 4 N–H and O–H groups in total. The third kappa shape index (κ3) is 5.36. The summed E-state index contributed by atoms with van der Waals surface area (Å²) in [6, 6.07) is 11.2. The van der Waals surface area contributed by atoms with Gasteiger partial charge in [-0.1, -0.05) is 12.1 Å². The summed E-state index contributed by atoms with van der Waals surface area (Å²) in [5.74, 6) is 0.381. The molecule has 0 saturated carbocycles. The van der Waals surface area contributed by atoms with E-state index in [0.717, 1.165) is 16.9 Å². The molecule has 2 rings (SSSR count). The number of hydrogen-bond donors (Lipinski definition) is 4. The highest BCUT2D eigenvalue weighted by molar-refractivity contribution is 7.80. The molecule has 0 aliphatic heterocycles. The molecule has 1 aromatic carbocycles. The van der Waals surface area contributed by atoms with Crippen molar-refractivity contribution in [2.75, 3.05) is 23.0 Å². The Hall–Kier alpha value is -2.93. The minimum absolute atomic E-state index is 0.250. The van der Waals surface area contributed by atoms with Crippen LogP contribution in [0.1, 0.15) is 5.56 Å². The highest BCUT2D eigenvalue weighted by Gasteiger charge is 2.03. The normalized spacial score (nSPS) is 10.2. The summed E-state index contributed by atoms with van der Waals surface area (Å²) in [4.78, 5) is 16.1. The van der Waals surface area contributed by atoms with Crippen LogP contribution in [0.3, 0.4) is 0 Å². The van der Waals surface area contributed by atoms with Crippen molar-refractivity contribution in [3.63, 3.8) is 0 Å². The van der Waals surface area contributed by atoms with Crippen molar-refractivity contribution in [2.24, 2.45) is 0 Å². The van der Waals surface area contributed by atoms with Crippen LogP contribution in [0.5, 0.6) is 0 Å². The van der Waals surface area contributed by atoms with E-state index >= 15 is 0 Å². The second-order valence-corrected chi connectivity index (χ2v) is 5.32. The molecule has 0 aliphatic rings. The van der Waals surface area contributed by atoms with Gasteiger partial charge in [0.15, 0.2) is 5.11 Å². The van der Waals surface area contributed by atoms with E-state index < -0.39 is 0 Å². The molecule has 1 heterocycles. The molecular weight excluding hydrogens is 322 g/mol. The zero-order valence-electron chi connectivity index (χ0n) is 13.5. The van der Waals surface area contributed by atoms with Crippen LogP contribution >= 0.6 is 12.2 Å². The van der Waals surface area contributed by atoms with Crippen LogP contribution in [0.2, 0.25) is 0 Å². The van der Waals surface area contributed by atoms with Gasteiger partial charge in [0.1, 0.15) is 5.82 Å². The number of thiocarbonyl (C=S) groups is 1. The first kappa shape index (κ1) is 17.4. The van der Waals surface area contributed by atoms with Crippen molar-refractivity contribution in [1.29, 1.82) is 0 Å². The predicted octanol–water partition coefficient (Wildman–Crippen LogP) is 2.87. The van der Waals surface area contributed by atoms with Crippen LogP contribution in [0, 0.1) is 6.92 Å². The minimum Gasteiger partial charge on any atom is -0.388 e. The van der Waals surface area contributed by atoms with Crippen molar-refractivity contribution in [2.45, 2.75) is 6.92 Å². The average molecular weight is 341 g/mol. The Kier molecular flexibility index (Phi) is 6.27. The molecule has 0 saturated heterocycles. The van der Waals surface area contributed by atoms with Crippen molar-refractivity contribution in [3.05, 3.63) is 60.4 Å². The SMILES string of the molecule is CNc1ccc(C)c(NC(=O)/C=C/NC(=S)Nc2ccccn2)c1. The van der Waals surface area contributed by atoms with Gasteiger partial charge in [-0.3, -0.25) is 4.79 Å². The zero-order valence-corrected chi connectivity index (χ0v) is 14.3. The molecule has 124 valence electrons. The molecule has 0 aliphatic carbocycles. The lowest BCUT2D eigenvalue weighted by Crippen LogP contribution is -2.24. The van der Waals surface area contributed by atoms with Gasteiger partial charge < -0.3 is 21.3 Å². The van der Waals surface area contributed by atoms with E-state index in [2.05, 4.69) is 26.3 Å². The fourth-order valence-corrected chi connectivity index (χ4v) is 2.04. The molecule has 1 amide bonds. The number of aryl methyl sites for hydroxylation is 1. The first-order valence-electron chi connectivity index (χ1n) is 7.33. The summed E-state index contributed by atoms with van der Waals surface area (Å²) < 4.78 is 0. The predicted molar refractivity (Wildman–Crippen MR) is 102 cm³/mol. The van der Waals surface area contributed by atoms with Gasteiger partial charge in [-0.15, -0.1) is 0 Å². The van der Waals surface area contributed by atoms with Crippen LogP contribution in [0.25, 0.3) is 0 Å². The number of rotatable bonds is 5. The summed E-state index contributed by atoms with van der Waals surface area (Å²) in [5.41, 5.74) is 2.67. The number of benzene rings is 1. The summed E-state index contributed by atoms with van der Waals surface area (Å²) in [7, 11) is 1.83. The lowest BCUT2D eigenvalue weighted by atomic mass is 10.2. The molecule has 0 unspecified atom stereocenters. The molecule has 0 radical (unpaired) electrons. The summed E-state index contributed by atoms with van der Waals surface area (Å²) in [6.45, 7) is 1.93. The van der Waals surface area contributed by atoms with Gasteiger partial charge >= 0.3 is 0 Å². The molecule has 2 aromatic rings. The minimum atomic E-state index is -0.250. The standard InChI is InChI=1S/C17H19N5OS/c1-12-6-7-13(18-2)11-14(12)21-16(23)8-10-20-17(24)22-15-5-3-4-9-19-15/h3-11,18H,1-2H3,(H,21,23)(H2,19,20,22,24)/b10-8+. The van der Waals surface area contributed by atoms with Gasteiger partial charge in [0.05, 0.1) is 0 Å². The van der Waals surface area contributed by atoms with Crippen LogP contribution in [-0.2, 0) is 4.79 Å². The lowest BCUT2D eigenvalue weighted by Gasteiger charge is -2.09. The molecule has 7 heteroatoms. The van der Waals surface area contributed by atoms with Gasteiger partial charge in [-0.2, -0.15) is 0 Å². The first-order chi connectivity index (χ1) is 11.6. The maximum atomic E-state index is 12.0. The molecule has 1 aromatic heterocycles. The fraction of sp³-hybridized carbons (Fsp3) is 0.118. The van der Waals surface area contributed by atoms with E-state index in [-0.39, 0.29) is 5.91 Å². The molecule has 0 bridgehead atoms. The molecule has 0 spiro atoms. The van der Waals surface area contributed by atoms with Gasteiger partial charge in [-0.25, -0.2) is 4.98 Å². The molecular formula is C17H19N5OS. The van der Waals surface area contributed by atoms with Crippen molar-refractivity contribution in [1.82, 2.24) is 10.3 Å². The van der Waals surface area contributed by atoms with E-state index in [1.54, 1.807) is 12.3 Å². The van der Waals surface area contributed by atoms with Gasteiger partial charge in [0.2, 0.25) is 5.91 Å². The van der Waals surface area contributed by atoms with E-state index in [9.17, 15) is 4.79 Å². The third-order valence-corrected chi connectivity index (χ3v) is 3.36. The van der Waals surface area contributed by atoms with Gasteiger partial charge in [-0.05, 0) is 49.0 Å². The Morgan fingerprint density at radius 1 is 1.21 bits per heavy atom. The third-order valence-electron chi connectivity index (χ3n) is 3.14. The monoisotopic (exact) mass is 341 g/mol. The Morgan fingerprint density at radius 3 is 2.75 bits per heavy atom. The Labute approximate surface area is 146 Å². The largest absolute Gasteiger partial charge is 0.388 e. The maximum absolute atomic E-state index is 12.0. The van der Waals surface area contributed by atoms with E-state index in [1.807, 2.05) is 44.3 Å². The van der Waals surface area contributed by atoms with Crippen LogP contribution < -0.4 is 21.3 Å². The number of nitrogens with one attached hydrogen (secondary N) is 4. The highest BCUT2D eigenvalue weighted by atomic mass is 32.1. The number of carbonyl (C=O) groups is 1. The number of anilines is 3. The maximum Gasteiger partial charge on any atom is 0.249 e. The Balaban J connectivity index is 1.86. The summed E-state index contributed by atoms with van der Waals surface area (Å²) >= 11 is 5.12. The number of aromatic nitrogens is 1. The first-order valence-corrected chi connectivity index (χ1v) is 7.74. The summed E-state index contributed by atoms with van der Waals surface area (Å²) in [5, 5.41) is 11.9. The van der Waals surface area contributed by atoms with E-state index in [1.165, 1.54) is 12.3 Å². The quantitative estimate of drug-likeness (QED) is 0.495. The molecule has 24 heavy (non-hydrogen) atoms. The zero-order chi connectivity index (χ0) is 17.4. The summed E-state index contributed by atoms with van der Waals surface area (Å²) in [6.07, 6.45) is 4.51. The topological polar surface area (TPSA) is 78.1 Å². The van der Waals surface area contributed by atoms with Crippen LogP contribution in [0.15, 0.2) is 54.9 Å². The van der Waals surface area contributed by atoms with E-state index in [0.29, 0.717) is 10.9 Å². The number of amides is 1. The second kappa shape index (κ2) is 8.64. The van der Waals surface area contributed by atoms with Crippen molar-refractivity contribution < 1.29 is 4.79 Å². The smallest absolute Gasteiger partial charge is 0.249 e. The molecule has 6 nitrogen and oxygen atoms in total. The second-order valence-electron chi connectivity index (χ2n) is 4.92. The van der Waals surface area contributed by atoms with Crippen LogP contribution in [-0.4, -0.2) is 23.1 Å². The van der Waals surface area contributed by atoms with Gasteiger partial charge in [0, 0.05) is 36.9 Å². The van der Waals surface area contributed by atoms with Crippen LogP contribution in [0.4, 0.5) is 17.2 Å². The fourth-order valence-electron chi connectivity index (χ4n) is 1.87. The lowest BCUT2D eigenvalue weighted by molar-refractivity contribution is -0.111. The van der Waals surface area contributed by atoms with Crippen molar-refractivity contribution in [3.8, 4) is 0 Å². The number of hydrogen-bond acceptors (Lipinski definition) is 4. The van der Waals surface area contributed by atoms with E-state index in [4.69, 9.17) is 12.2 Å². The highest BCUT2D eigenvalue weighted by Crippen LogP contribution is 2.19. The Bertz CT molecular complexity index is 746. The average Bonchev–Trinajstić information content (AvgIpc) is 2.57. The Morgan fingerprint density at radius 2 is 2.04 bits per heavy atom. The number of pyridine rings is 1. The molecule has 0 fully saturated rings. The van der Waals surface area contributed by atoms with Gasteiger partial charge in [0.25, 0.3) is 0 Å². The van der Waals surface area contributed by atoms with Crippen molar-refractivity contribution >= 4 is 40.4 Å². The number of nitrogens with zero attached hydrogens (tertiary/aromatic N) is 1. The number of carbonyl (C=O) groups excluding carboxylic acids is 1. The molecule has 0 atom stereocenters.